The van der Waals surface area contributed by atoms with Crippen molar-refractivity contribution in [3.05, 3.63) is 12.2 Å². The first-order valence-corrected chi connectivity index (χ1v) is 4.36. The third kappa shape index (κ3) is 2.55. The predicted molar refractivity (Wildman–Crippen MR) is 46.0 cm³/mol. The summed E-state index contributed by atoms with van der Waals surface area (Å²) >= 11 is 0. The van der Waals surface area contributed by atoms with Gasteiger partial charge in [-0.15, -0.1) is 0 Å². The molecule has 0 unspecified atom stereocenters. The van der Waals surface area contributed by atoms with Crippen LogP contribution < -0.4 is 0 Å². The zero-order chi connectivity index (χ0) is 7.45. The lowest BCUT2D eigenvalue weighted by Gasteiger charge is -2.24. The molecule has 58 valence electrons. The van der Waals surface area contributed by atoms with Crippen LogP contribution in [-0.2, 0) is 0 Å². The molecule has 1 rings (SSSR count). The minimum absolute atomic E-state index is 0.602. The van der Waals surface area contributed by atoms with Crippen molar-refractivity contribution >= 4 is 0 Å². The van der Waals surface area contributed by atoms with Crippen LogP contribution in [0.25, 0.3) is 0 Å². The highest BCUT2D eigenvalue weighted by Gasteiger charge is 2.16. The van der Waals surface area contributed by atoms with Gasteiger partial charge in [0.15, 0.2) is 0 Å². The summed E-state index contributed by atoms with van der Waals surface area (Å²) in [5, 5.41) is 0. The van der Waals surface area contributed by atoms with Gasteiger partial charge in [-0.05, 0) is 37.5 Å². The Morgan fingerprint density at radius 3 is 2.50 bits per heavy atom. The zero-order valence-corrected chi connectivity index (χ0v) is 7.19. The Labute approximate surface area is 64.3 Å². The maximum absolute atomic E-state index is 2.38. The summed E-state index contributed by atoms with van der Waals surface area (Å²) in [6.45, 7) is 4.76. The lowest BCUT2D eigenvalue weighted by atomic mass is 9.81. The van der Waals surface area contributed by atoms with Crippen molar-refractivity contribution < 1.29 is 0 Å². The zero-order valence-electron chi connectivity index (χ0n) is 7.19. The van der Waals surface area contributed by atoms with Crippen molar-refractivity contribution in [3.63, 3.8) is 0 Å². The summed E-state index contributed by atoms with van der Waals surface area (Å²) in [4.78, 5) is 0. The van der Waals surface area contributed by atoms with E-state index in [1.807, 2.05) is 0 Å². The molecule has 0 aromatic heterocycles. The molecular formula is C10H18. The normalized spacial score (nSPS) is 28.6. The fourth-order valence-corrected chi connectivity index (χ4v) is 1.53. The van der Waals surface area contributed by atoms with Gasteiger partial charge in [0.25, 0.3) is 0 Å². The van der Waals surface area contributed by atoms with Gasteiger partial charge in [0.05, 0.1) is 0 Å². The molecule has 0 saturated carbocycles. The Balaban J connectivity index is 2.43. The molecule has 0 heteroatoms. The van der Waals surface area contributed by atoms with Gasteiger partial charge < -0.3 is 0 Å². The van der Waals surface area contributed by atoms with Crippen LogP contribution in [0.4, 0.5) is 0 Å². The van der Waals surface area contributed by atoms with Crippen molar-refractivity contribution in [1.29, 1.82) is 0 Å². The van der Waals surface area contributed by atoms with Crippen molar-refractivity contribution in [3.8, 4) is 0 Å². The van der Waals surface area contributed by atoms with Gasteiger partial charge in [0.1, 0.15) is 0 Å². The van der Waals surface area contributed by atoms with E-state index in [-0.39, 0.29) is 0 Å². The van der Waals surface area contributed by atoms with E-state index >= 15 is 0 Å². The highest BCUT2D eigenvalue weighted by atomic mass is 14.2. The van der Waals surface area contributed by atoms with Crippen LogP contribution in [0, 0.1) is 5.41 Å². The lowest BCUT2D eigenvalue weighted by molar-refractivity contribution is 0.299. The van der Waals surface area contributed by atoms with Gasteiger partial charge in [-0.3, -0.25) is 0 Å². The lowest BCUT2D eigenvalue weighted by Crippen LogP contribution is -2.11. The SMILES string of the molecule is CC1(C)CC/C=C\CCC1. The van der Waals surface area contributed by atoms with Gasteiger partial charge in [0.2, 0.25) is 0 Å². The third-order valence-electron chi connectivity index (χ3n) is 2.38. The van der Waals surface area contributed by atoms with Gasteiger partial charge in [-0.25, -0.2) is 0 Å². The molecule has 0 amide bonds. The summed E-state index contributed by atoms with van der Waals surface area (Å²) in [6, 6.07) is 0. The summed E-state index contributed by atoms with van der Waals surface area (Å²) in [5.74, 6) is 0. The second-order valence-electron chi connectivity index (χ2n) is 4.07. The number of rotatable bonds is 0. The standard InChI is InChI=1S/C10H18/c1-10(2)8-6-4-3-5-7-9-10/h3-4H,5-9H2,1-2H3/b4-3-. The highest BCUT2D eigenvalue weighted by Crippen LogP contribution is 2.30. The molecule has 0 bridgehead atoms. The van der Waals surface area contributed by atoms with E-state index in [0.717, 1.165) is 0 Å². The van der Waals surface area contributed by atoms with Crippen LogP contribution >= 0.6 is 0 Å². The molecule has 0 N–H and O–H groups in total. The van der Waals surface area contributed by atoms with E-state index in [9.17, 15) is 0 Å². The van der Waals surface area contributed by atoms with Crippen molar-refractivity contribution in [1.82, 2.24) is 0 Å². The maximum Gasteiger partial charge on any atom is -0.0346 e. The van der Waals surface area contributed by atoms with Gasteiger partial charge in [-0.2, -0.15) is 0 Å². The molecule has 0 aliphatic heterocycles. The molecule has 10 heavy (non-hydrogen) atoms. The summed E-state index contributed by atoms with van der Waals surface area (Å²) in [5.41, 5.74) is 0.602. The van der Waals surface area contributed by atoms with Crippen molar-refractivity contribution in [2.45, 2.75) is 46.0 Å². The molecular weight excluding hydrogens is 120 g/mol. The molecule has 0 spiro atoms. The second kappa shape index (κ2) is 3.23. The quantitative estimate of drug-likeness (QED) is 0.449. The maximum atomic E-state index is 2.38. The second-order valence-corrected chi connectivity index (χ2v) is 4.07. The van der Waals surface area contributed by atoms with Crippen molar-refractivity contribution in [2.24, 2.45) is 5.41 Å². The first kappa shape index (κ1) is 7.84. The Bertz CT molecular complexity index is 120. The summed E-state index contributed by atoms with van der Waals surface area (Å²) in [6.07, 6.45) is 11.4. The van der Waals surface area contributed by atoms with E-state index in [2.05, 4.69) is 26.0 Å². The monoisotopic (exact) mass is 138 g/mol. The topological polar surface area (TPSA) is 0 Å². The van der Waals surface area contributed by atoms with Crippen LogP contribution in [0.2, 0.25) is 0 Å². The van der Waals surface area contributed by atoms with Crippen LogP contribution in [0.3, 0.4) is 0 Å². The molecule has 1 aliphatic rings. The van der Waals surface area contributed by atoms with E-state index in [1.165, 1.54) is 32.1 Å². The fourth-order valence-electron chi connectivity index (χ4n) is 1.53. The Hall–Kier alpha value is -0.260. The van der Waals surface area contributed by atoms with E-state index < -0.39 is 0 Å². The first-order valence-electron chi connectivity index (χ1n) is 4.36. The summed E-state index contributed by atoms with van der Waals surface area (Å²) < 4.78 is 0. The average molecular weight is 138 g/mol. The van der Waals surface area contributed by atoms with Crippen LogP contribution in [0.5, 0.6) is 0 Å². The first-order chi connectivity index (χ1) is 4.71. The molecule has 0 aromatic carbocycles. The molecule has 0 fully saturated rings. The Morgan fingerprint density at radius 1 is 1.00 bits per heavy atom. The number of hydrogen-bond donors (Lipinski definition) is 0. The third-order valence-corrected chi connectivity index (χ3v) is 2.38. The van der Waals surface area contributed by atoms with Crippen LogP contribution in [-0.4, -0.2) is 0 Å². The molecule has 0 saturated heterocycles. The van der Waals surface area contributed by atoms with Gasteiger partial charge >= 0.3 is 0 Å². The van der Waals surface area contributed by atoms with E-state index in [1.54, 1.807) is 0 Å². The predicted octanol–water partition coefficient (Wildman–Crippen LogP) is 3.53. The van der Waals surface area contributed by atoms with Gasteiger partial charge in [-0.1, -0.05) is 26.0 Å². The minimum atomic E-state index is 0.602. The number of hydrogen-bond acceptors (Lipinski definition) is 0. The molecule has 1 aliphatic carbocycles. The Kier molecular flexibility index (Phi) is 2.53. The number of allylic oxidation sites excluding steroid dienone is 2. The molecule has 0 radical (unpaired) electrons. The smallest absolute Gasteiger partial charge is 0.0346 e. The molecule has 0 aromatic rings. The van der Waals surface area contributed by atoms with Crippen molar-refractivity contribution in [2.75, 3.05) is 0 Å². The summed E-state index contributed by atoms with van der Waals surface area (Å²) in [7, 11) is 0. The van der Waals surface area contributed by atoms with Gasteiger partial charge in [0, 0.05) is 0 Å². The van der Waals surface area contributed by atoms with E-state index in [0.29, 0.717) is 5.41 Å². The average Bonchev–Trinajstić information content (AvgIpc) is 1.81. The minimum Gasteiger partial charge on any atom is -0.0885 e. The molecule has 0 atom stereocenters. The Morgan fingerprint density at radius 2 is 1.70 bits per heavy atom. The molecule has 0 heterocycles. The van der Waals surface area contributed by atoms with Crippen LogP contribution in [0.1, 0.15) is 46.0 Å². The van der Waals surface area contributed by atoms with E-state index in [4.69, 9.17) is 0 Å². The van der Waals surface area contributed by atoms with Crippen LogP contribution in [0.15, 0.2) is 12.2 Å². The largest absolute Gasteiger partial charge is 0.0885 e. The fraction of sp³-hybridized carbons (Fsp3) is 0.800. The highest BCUT2D eigenvalue weighted by molar-refractivity contribution is 4.87. The molecule has 0 nitrogen and oxygen atoms in total.